The second kappa shape index (κ2) is 9.80. The third-order valence-electron chi connectivity index (χ3n) is 8.70. The van der Waals surface area contributed by atoms with Crippen molar-refractivity contribution in [3.05, 3.63) is 12.2 Å². The van der Waals surface area contributed by atoms with Crippen LogP contribution in [0, 0.1) is 5.92 Å². The molecule has 6 heterocycles. The normalized spacial score (nSPS) is 23.8. The van der Waals surface area contributed by atoms with Crippen LogP contribution in [0.2, 0.25) is 0 Å². The van der Waals surface area contributed by atoms with Gasteiger partial charge in [0.2, 0.25) is 5.91 Å². The molecule has 4 aliphatic heterocycles. The molecule has 0 radical (unpaired) electrons. The molecule has 8 nitrogen and oxygen atoms in total. The number of imidazole rings is 1. The number of anilines is 1. The zero-order valence-corrected chi connectivity index (χ0v) is 20.5. The predicted molar refractivity (Wildman–Crippen MR) is 133 cm³/mol. The Labute approximate surface area is 202 Å². The Morgan fingerprint density at radius 1 is 0.794 bits per heavy atom. The monoisotopic (exact) mass is 465 g/mol. The Morgan fingerprint density at radius 3 is 2.32 bits per heavy atom. The first kappa shape index (κ1) is 22.3. The highest BCUT2D eigenvalue weighted by atomic mass is 16.2. The van der Waals surface area contributed by atoms with Crippen molar-refractivity contribution in [2.24, 2.45) is 5.92 Å². The van der Waals surface area contributed by atoms with E-state index in [9.17, 15) is 4.79 Å². The van der Waals surface area contributed by atoms with E-state index in [0.29, 0.717) is 11.9 Å². The van der Waals surface area contributed by atoms with E-state index in [-0.39, 0.29) is 5.92 Å². The second-order valence-corrected chi connectivity index (χ2v) is 10.8. The van der Waals surface area contributed by atoms with Gasteiger partial charge in [0, 0.05) is 51.1 Å². The molecule has 2 aromatic heterocycles. The number of carbonyl (C=O) groups is 1. The van der Waals surface area contributed by atoms with Crippen molar-refractivity contribution in [1.29, 1.82) is 0 Å². The van der Waals surface area contributed by atoms with Gasteiger partial charge in [0.15, 0.2) is 17.0 Å². The lowest BCUT2D eigenvalue weighted by Crippen LogP contribution is -2.50. The summed E-state index contributed by atoms with van der Waals surface area (Å²) < 4.78 is 2.30. The molecule has 0 unspecified atom stereocenters. The number of hydrogen-bond donors (Lipinski definition) is 0. The standard InChI is InChI=1S/C26H39N7O/c34-26(32-17-10-21(11-18-32)30-12-4-2-5-13-30)20-8-15-31(16-9-20)24-23-25(28-19-27-24)33-14-6-1-3-7-22(33)29-23/h19-21H,1-18H2. The van der Waals surface area contributed by atoms with Gasteiger partial charge < -0.3 is 19.3 Å². The lowest BCUT2D eigenvalue weighted by Gasteiger charge is -2.41. The van der Waals surface area contributed by atoms with Crippen LogP contribution in [0.25, 0.3) is 11.2 Å². The summed E-state index contributed by atoms with van der Waals surface area (Å²) in [7, 11) is 0. The molecule has 0 aromatic carbocycles. The minimum absolute atomic E-state index is 0.152. The molecule has 4 aliphatic rings. The number of rotatable bonds is 3. The number of hydrogen-bond acceptors (Lipinski definition) is 6. The lowest BCUT2D eigenvalue weighted by atomic mass is 9.93. The maximum Gasteiger partial charge on any atom is 0.225 e. The number of likely N-dealkylation sites (tertiary alicyclic amines) is 2. The average Bonchev–Trinajstić information content (AvgIpc) is 3.09. The highest BCUT2D eigenvalue weighted by molar-refractivity contribution is 5.84. The summed E-state index contributed by atoms with van der Waals surface area (Å²) in [6.45, 7) is 7.14. The van der Waals surface area contributed by atoms with Crippen LogP contribution in [0.4, 0.5) is 5.82 Å². The van der Waals surface area contributed by atoms with Crippen molar-refractivity contribution in [2.75, 3.05) is 44.2 Å². The van der Waals surface area contributed by atoms with Gasteiger partial charge in [0.25, 0.3) is 0 Å². The molecule has 8 heteroatoms. The van der Waals surface area contributed by atoms with Gasteiger partial charge in [0.05, 0.1) is 0 Å². The van der Waals surface area contributed by atoms with E-state index in [1.165, 1.54) is 51.6 Å². The largest absolute Gasteiger partial charge is 0.355 e. The molecule has 0 bridgehead atoms. The fourth-order valence-corrected chi connectivity index (χ4v) is 6.69. The summed E-state index contributed by atoms with van der Waals surface area (Å²) in [5, 5.41) is 0. The molecular formula is C26H39N7O. The molecule has 0 N–H and O–H groups in total. The number of fused-ring (bicyclic) bond motifs is 3. The van der Waals surface area contributed by atoms with Crippen molar-refractivity contribution in [3.63, 3.8) is 0 Å². The maximum absolute atomic E-state index is 13.3. The highest BCUT2D eigenvalue weighted by Crippen LogP contribution is 2.30. The Bertz CT molecular complexity index is 998. The zero-order chi connectivity index (χ0) is 22.9. The summed E-state index contributed by atoms with van der Waals surface area (Å²) in [5.74, 6) is 2.66. The smallest absolute Gasteiger partial charge is 0.225 e. The summed E-state index contributed by atoms with van der Waals surface area (Å²) in [5.41, 5.74) is 1.93. The summed E-state index contributed by atoms with van der Waals surface area (Å²) >= 11 is 0. The van der Waals surface area contributed by atoms with Crippen LogP contribution in [0.3, 0.4) is 0 Å². The van der Waals surface area contributed by atoms with Crippen molar-refractivity contribution in [1.82, 2.24) is 29.3 Å². The predicted octanol–water partition coefficient (Wildman–Crippen LogP) is 3.25. The molecule has 2 aromatic rings. The Morgan fingerprint density at radius 2 is 1.53 bits per heavy atom. The van der Waals surface area contributed by atoms with Gasteiger partial charge in [-0.15, -0.1) is 0 Å². The fraction of sp³-hybridized carbons (Fsp3) is 0.769. The van der Waals surface area contributed by atoms with Gasteiger partial charge >= 0.3 is 0 Å². The number of nitrogens with zero attached hydrogens (tertiary/aromatic N) is 7. The van der Waals surface area contributed by atoms with Crippen molar-refractivity contribution >= 4 is 22.9 Å². The lowest BCUT2D eigenvalue weighted by molar-refractivity contribution is -0.137. The van der Waals surface area contributed by atoms with E-state index in [1.54, 1.807) is 6.33 Å². The number of amides is 1. The first-order valence-corrected chi connectivity index (χ1v) is 13.8. The SMILES string of the molecule is O=C(C1CCN(c2ncnc3c2nc2n3CCCCC2)CC1)N1CCC(N2CCCCC2)CC1. The topological polar surface area (TPSA) is 70.4 Å². The summed E-state index contributed by atoms with van der Waals surface area (Å²) in [4.78, 5) is 34.7. The summed E-state index contributed by atoms with van der Waals surface area (Å²) in [6.07, 6.45) is 14.6. The van der Waals surface area contributed by atoms with Crippen LogP contribution in [-0.4, -0.2) is 80.5 Å². The number of aromatic nitrogens is 4. The van der Waals surface area contributed by atoms with Crippen molar-refractivity contribution in [2.45, 2.75) is 83.2 Å². The fourth-order valence-electron chi connectivity index (χ4n) is 6.69. The van der Waals surface area contributed by atoms with Crippen molar-refractivity contribution in [3.8, 4) is 0 Å². The Kier molecular flexibility index (Phi) is 6.41. The van der Waals surface area contributed by atoms with Gasteiger partial charge in [-0.25, -0.2) is 15.0 Å². The van der Waals surface area contributed by atoms with Gasteiger partial charge in [-0.1, -0.05) is 12.8 Å². The quantitative estimate of drug-likeness (QED) is 0.693. The van der Waals surface area contributed by atoms with Crippen LogP contribution in [0.1, 0.15) is 70.0 Å². The Hall–Kier alpha value is -2.22. The molecule has 1 amide bonds. The number of piperidine rings is 3. The molecule has 0 saturated carbocycles. The maximum atomic E-state index is 13.3. The molecule has 184 valence electrons. The number of aryl methyl sites for hydroxylation is 2. The molecule has 6 rings (SSSR count). The first-order valence-electron chi connectivity index (χ1n) is 13.8. The number of carbonyl (C=O) groups excluding carboxylic acids is 1. The summed E-state index contributed by atoms with van der Waals surface area (Å²) in [6, 6.07) is 0.691. The minimum Gasteiger partial charge on any atom is -0.355 e. The second-order valence-electron chi connectivity index (χ2n) is 10.8. The first-order chi connectivity index (χ1) is 16.8. The van der Waals surface area contributed by atoms with Gasteiger partial charge in [0.1, 0.15) is 12.2 Å². The van der Waals surface area contributed by atoms with Gasteiger partial charge in [-0.3, -0.25) is 4.79 Å². The minimum atomic E-state index is 0.152. The van der Waals surface area contributed by atoms with E-state index in [0.717, 1.165) is 87.6 Å². The van der Waals surface area contributed by atoms with E-state index in [4.69, 9.17) is 4.98 Å². The molecule has 0 aliphatic carbocycles. The van der Waals surface area contributed by atoms with Crippen LogP contribution in [0.5, 0.6) is 0 Å². The molecule has 34 heavy (non-hydrogen) atoms. The van der Waals surface area contributed by atoms with E-state index in [2.05, 4.69) is 29.2 Å². The third-order valence-corrected chi connectivity index (χ3v) is 8.70. The van der Waals surface area contributed by atoms with Crippen molar-refractivity contribution < 1.29 is 4.79 Å². The Balaban J connectivity index is 1.07. The molecule has 3 fully saturated rings. The molecule has 3 saturated heterocycles. The van der Waals surface area contributed by atoms with Gasteiger partial charge in [-0.05, 0) is 64.5 Å². The third kappa shape index (κ3) is 4.30. The van der Waals surface area contributed by atoms with Crippen LogP contribution in [-0.2, 0) is 17.8 Å². The van der Waals surface area contributed by atoms with E-state index >= 15 is 0 Å². The molecule has 0 atom stereocenters. The zero-order valence-electron chi connectivity index (χ0n) is 20.5. The van der Waals surface area contributed by atoms with Crippen LogP contribution >= 0.6 is 0 Å². The average molecular weight is 466 g/mol. The van der Waals surface area contributed by atoms with E-state index < -0.39 is 0 Å². The van der Waals surface area contributed by atoms with Crippen LogP contribution < -0.4 is 4.90 Å². The van der Waals surface area contributed by atoms with Gasteiger partial charge in [-0.2, -0.15) is 0 Å². The highest BCUT2D eigenvalue weighted by Gasteiger charge is 2.33. The molecule has 0 spiro atoms. The van der Waals surface area contributed by atoms with Crippen LogP contribution in [0.15, 0.2) is 6.33 Å². The van der Waals surface area contributed by atoms with E-state index in [1.807, 2.05) is 0 Å². The molecular weight excluding hydrogens is 426 g/mol.